The molecule has 0 spiro atoms. The van der Waals surface area contributed by atoms with E-state index in [1.807, 2.05) is 6.92 Å². The van der Waals surface area contributed by atoms with E-state index in [0.717, 1.165) is 25.2 Å². The number of thiocarbonyl (C=S) groups is 1. The number of rotatable bonds is 5. The van der Waals surface area contributed by atoms with Gasteiger partial charge >= 0.3 is 0 Å². The Morgan fingerprint density at radius 3 is 3.00 bits per heavy atom. The number of aliphatic hydroxyl groups excluding tert-OH is 1. The molecule has 0 amide bonds. The third-order valence-electron chi connectivity index (χ3n) is 1.70. The molecule has 1 aromatic heterocycles. The fourth-order valence-corrected chi connectivity index (χ4v) is 1.19. The first-order valence-corrected chi connectivity index (χ1v) is 4.61. The Balaban J connectivity index is 2.40. The molecule has 0 bridgehead atoms. The van der Waals surface area contributed by atoms with Gasteiger partial charge in [0.15, 0.2) is 10.9 Å². The van der Waals surface area contributed by atoms with E-state index in [-0.39, 0.29) is 5.05 Å². The molecule has 0 saturated heterocycles. The van der Waals surface area contributed by atoms with Crippen molar-refractivity contribution in [2.45, 2.75) is 32.7 Å². The Morgan fingerprint density at radius 1 is 1.62 bits per heavy atom. The summed E-state index contributed by atoms with van der Waals surface area (Å²) in [6.07, 6.45) is 2.07. The maximum atomic E-state index is 8.78. The summed E-state index contributed by atoms with van der Waals surface area (Å²) in [5.74, 6) is 0.846. The Bertz CT molecular complexity index is 286. The molecule has 1 rings (SSSR count). The molecule has 6 heteroatoms. The van der Waals surface area contributed by atoms with E-state index in [2.05, 4.69) is 27.7 Å². The predicted octanol–water partition coefficient (Wildman–Crippen LogP) is 0.901. The third kappa shape index (κ3) is 3.06. The molecule has 0 aromatic carbocycles. The van der Waals surface area contributed by atoms with Gasteiger partial charge in [0.1, 0.15) is 0 Å². The summed E-state index contributed by atoms with van der Waals surface area (Å²) in [6, 6.07) is 0. The second kappa shape index (κ2) is 4.86. The third-order valence-corrected chi connectivity index (χ3v) is 1.90. The minimum Gasteiger partial charge on any atom is -0.502 e. The summed E-state index contributed by atoms with van der Waals surface area (Å²) < 4.78 is 1.74. The van der Waals surface area contributed by atoms with Gasteiger partial charge in [0, 0.05) is 19.4 Å². The van der Waals surface area contributed by atoms with Gasteiger partial charge in [0.25, 0.3) is 0 Å². The van der Waals surface area contributed by atoms with Crippen LogP contribution in [0.3, 0.4) is 0 Å². The monoisotopic (exact) mass is 200 g/mol. The number of aryl methyl sites for hydroxylation is 2. The lowest BCUT2D eigenvalue weighted by atomic mass is 10.2. The zero-order valence-electron chi connectivity index (χ0n) is 7.47. The van der Waals surface area contributed by atoms with Crippen LogP contribution in [0.4, 0.5) is 0 Å². The van der Waals surface area contributed by atoms with Crippen LogP contribution in [0, 0.1) is 0 Å². The van der Waals surface area contributed by atoms with Gasteiger partial charge < -0.3 is 5.11 Å². The molecule has 0 fully saturated rings. The first-order chi connectivity index (χ1) is 6.24. The van der Waals surface area contributed by atoms with Gasteiger partial charge in [0.05, 0.1) is 0 Å². The summed E-state index contributed by atoms with van der Waals surface area (Å²) in [7, 11) is 0. The molecular formula is C7H12N4OS. The van der Waals surface area contributed by atoms with Crippen molar-refractivity contribution in [3.8, 4) is 0 Å². The van der Waals surface area contributed by atoms with Crippen molar-refractivity contribution >= 4 is 17.3 Å². The van der Waals surface area contributed by atoms with Crippen molar-refractivity contribution < 1.29 is 5.11 Å². The molecule has 72 valence electrons. The van der Waals surface area contributed by atoms with E-state index in [4.69, 9.17) is 5.11 Å². The largest absolute Gasteiger partial charge is 0.502 e. The van der Waals surface area contributed by atoms with Crippen molar-refractivity contribution in [2.24, 2.45) is 0 Å². The molecule has 0 aliphatic carbocycles. The predicted molar refractivity (Wildman–Crippen MR) is 51.7 cm³/mol. The number of aromatic nitrogens is 4. The summed E-state index contributed by atoms with van der Waals surface area (Å²) in [6.45, 7) is 2.75. The van der Waals surface area contributed by atoms with E-state index < -0.39 is 0 Å². The highest BCUT2D eigenvalue weighted by atomic mass is 32.1. The summed E-state index contributed by atoms with van der Waals surface area (Å²) in [5.41, 5.74) is 0. The molecule has 1 N–H and O–H groups in total. The van der Waals surface area contributed by atoms with E-state index in [9.17, 15) is 0 Å². The van der Waals surface area contributed by atoms with E-state index >= 15 is 0 Å². The second-order valence-corrected chi connectivity index (χ2v) is 3.13. The lowest BCUT2D eigenvalue weighted by molar-refractivity contribution is 0.537. The molecule has 0 radical (unpaired) electrons. The number of nitrogens with zero attached hydrogens (tertiary/aromatic N) is 4. The number of hydrogen-bond acceptors (Lipinski definition) is 4. The van der Waals surface area contributed by atoms with Crippen LogP contribution in [-0.2, 0) is 13.0 Å². The molecule has 0 aliphatic rings. The Labute approximate surface area is 81.8 Å². The van der Waals surface area contributed by atoms with Gasteiger partial charge in [-0.05, 0) is 36.0 Å². The fourth-order valence-electron chi connectivity index (χ4n) is 1.05. The van der Waals surface area contributed by atoms with Crippen LogP contribution in [-0.4, -0.2) is 30.4 Å². The van der Waals surface area contributed by atoms with E-state index in [1.54, 1.807) is 4.68 Å². The van der Waals surface area contributed by atoms with Crippen LogP contribution >= 0.6 is 12.2 Å². The van der Waals surface area contributed by atoms with Crippen molar-refractivity contribution in [2.75, 3.05) is 0 Å². The van der Waals surface area contributed by atoms with Gasteiger partial charge in [-0.15, -0.1) is 5.10 Å². The van der Waals surface area contributed by atoms with Crippen LogP contribution in [0.1, 0.15) is 25.6 Å². The van der Waals surface area contributed by atoms with Crippen LogP contribution in [0.15, 0.2) is 0 Å². The molecule has 0 unspecified atom stereocenters. The number of hydrogen-bond donors (Lipinski definition) is 1. The first-order valence-electron chi connectivity index (χ1n) is 4.21. The minimum atomic E-state index is 0.0514. The normalized spacial score (nSPS) is 10.2. The highest BCUT2D eigenvalue weighted by Gasteiger charge is 2.03. The standard InChI is InChI=1S/C7H12N4OS/c1-2-11-6(8-9-10-11)4-3-5-7(12)13/h2-5H2,1H3,(H,12,13). The average molecular weight is 200 g/mol. The van der Waals surface area contributed by atoms with Crippen LogP contribution < -0.4 is 0 Å². The van der Waals surface area contributed by atoms with Gasteiger partial charge in [-0.3, -0.25) is 0 Å². The minimum absolute atomic E-state index is 0.0514. The Kier molecular flexibility index (Phi) is 3.75. The quantitative estimate of drug-likeness (QED) is 0.715. The second-order valence-electron chi connectivity index (χ2n) is 2.66. The highest BCUT2D eigenvalue weighted by Crippen LogP contribution is 2.00. The first kappa shape index (κ1) is 10.0. The van der Waals surface area contributed by atoms with Crippen LogP contribution in [0.5, 0.6) is 0 Å². The topological polar surface area (TPSA) is 63.8 Å². The fraction of sp³-hybridized carbons (Fsp3) is 0.714. The molecule has 0 aliphatic heterocycles. The smallest absolute Gasteiger partial charge is 0.156 e. The molecule has 0 saturated carbocycles. The van der Waals surface area contributed by atoms with Crippen molar-refractivity contribution in [1.82, 2.24) is 20.2 Å². The molecular weight excluding hydrogens is 188 g/mol. The Morgan fingerprint density at radius 2 is 2.38 bits per heavy atom. The average Bonchev–Trinajstić information content (AvgIpc) is 2.51. The van der Waals surface area contributed by atoms with Gasteiger partial charge in [-0.1, -0.05) is 0 Å². The maximum Gasteiger partial charge on any atom is 0.156 e. The zero-order valence-corrected chi connectivity index (χ0v) is 8.29. The maximum absolute atomic E-state index is 8.78. The van der Waals surface area contributed by atoms with Crippen LogP contribution in [0.25, 0.3) is 0 Å². The molecule has 13 heavy (non-hydrogen) atoms. The number of aliphatic hydroxyl groups is 1. The lowest BCUT2D eigenvalue weighted by Gasteiger charge is -1.99. The molecule has 5 nitrogen and oxygen atoms in total. The van der Waals surface area contributed by atoms with Gasteiger partial charge in [0.2, 0.25) is 0 Å². The van der Waals surface area contributed by atoms with Crippen molar-refractivity contribution in [1.29, 1.82) is 0 Å². The summed E-state index contributed by atoms with van der Waals surface area (Å²) in [5, 5.41) is 20.0. The number of tetrazole rings is 1. The lowest BCUT2D eigenvalue weighted by Crippen LogP contribution is -2.04. The van der Waals surface area contributed by atoms with E-state index in [1.165, 1.54) is 0 Å². The summed E-state index contributed by atoms with van der Waals surface area (Å²) in [4.78, 5) is 0. The van der Waals surface area contributed by atoms with Gasteiger partial charge in [-0.2, -0.15) is 0 Å². The van der Waals surface area contributed by atoms with Crippen molar-refractivity contribution in [3.05, 3.63) is 5.82 Å². The molecule has 1 heterocycles. The zero-order chi connectivity index (χ0) is 9.68. The van der Waals surface area contributed by atoms with Crippen molar-refractivity contribution in [3.63, 3.8) is 0 Å². The SMILES string of the molecule is CCn1nnnc1CCCC(O)=S. The highest BCUT2D eigenvalue weighted by molar-refractivity contribution is 7.80. The molecule has 1 aromatic rings. The molecule has 0 atom stereocenters. The van der Waals surface area contributed by atoms with Crippen LogP contribution in [0.2, 0.25) is 0 Å². The summed E-state index contributed by atoms with van der Waals surface area (Å²) >= 11 is 4.55. The Hall–Kier alpha value is -1.04. The van der Waals surface area contributed by atoms with Gasteiger partial charge in [-0.25, -0.2) is 4.68 Å². The van der Waals surface area contributed by atoms with E-state index in [0.29, 0.717) is 6.42 Å².